The van der Waals surface area contributed by atoms with Crippen molar-refractivity contribution in [1.29, 1.82) is 0 Å². The van der Waals surface area contributed by atoms with E-state index < -0.39 is 89.1 Å². The summed E-state index contributed by atoms with van der Waals surface area (Å²) in [6.07, 6.45) is 7.22. The van der Waals surface area contributed by atoms with Crippen LogP contribution in [0.4, 0.5) is 27.2 Å². The normalized spacial score (nSPS) is 19.1. The molecule has 728 valence electrons. The lowest BCUT2D eigenvalue weighted by molar-refractivity contribution is -0.139. The van der Waals surface area contributed by atoms with E-state index in [2.05, 4.69) is 44.9 Å². The minimum atomic E-state index is -0.928. The van der Waals surface area contributed by atoms with Crippen molar-refractivity contribution in [2.75, 3.05) is 47.3 Å². The van der Waals surface area contributed by atoms with E-state index >= 15 is 17.6 Å². The number of nitrogens with zero attached hydrogens (tertiary/aromatic N) is 10. The summed E-state index contributed by atoms with van der Waals surface area (Å²) >= 11 is 0. The van der Waals surface area contributed by atoms with Gasteiger partial charge in [-0.05, 0) is 272 Å². The molecule has 4 aromatic heterocycles. The molecule has 0 spiro atoms. The van der Waals surface area contributed by atoms with Crippen LogP contribution in [0.25, 0.3) is 66.4 Å². The lowest BCUT2D eigenvalue weighted by atomic mass is 9.94. The first kappa shape index (κ1) is 100. The summed E-state index contributed by atoms with van der Waals surface area (Å²) in [5.74, 6) is -4.49. The molecule has 27 nitrogen and oxygen atoms in total. The van der Waals surface area contributed by atoms with Crippen molar-refractivity contribution in [2.45, 2.75) is 319 Å². The quantitative estimate of drug-likeness (QED) is 0.0286. The second-order valence-corrected chi connectivity index (χ2v) is 41.5. The van der Waals surface area contributed by atoms with Gasteiger partial charge in [-0.25, -0.2) is 27.2 Å². The van der Waals surface area contributed by atoms with Crippen LogP contribution in [-0.4, -0.2) is 232 Å². The molecule has 8 aromatic rings. The third kappa shape index (κ3) is 20.9. The number of hydrogen-bond donors (Lipinski definition) is 5. The maximum Gasteiger partial charge on any atom is 0.410 e. The molecule has 6 aliphatic heterocycles. The maximum absolute atomic E-state index is 15.4. The van der Waals surface area contributed by atoms with Crippen LogP contribution in [0.15, 0.2) is 72.8 Å². The van der Waals surface area contributed by atoms with Crippen LogP contribution in [-0.2, 0) is 99.7 Å². The summed E-state index contributed by atoms with van der Waals surface area (Å²) in [6, 6.07) is 13.1. The number of aryl methyl sites for hydroxylation is 4. The Morgan fingerprint density at radius 3 is 0.836 bits per heavy atom. The highest BCUT2D eigenvalue weighted by Gasteiger charge is 2.46. The number of carbonyl (C=O) groups excluding carboxylic acids is 10. The molecule has 134 heavy (non-hydrogen) atoms. The van der Waals surface area contributed by atoms with Gasteiger partial charge in [0.1, 0.15) is 70.7 Å². The average molecular weight is 1860 g/mol. The Bertz CT molecular complexity index is 5430. The predicted octanol–water partition coefficient (Wildman–Crippen LogP) is 15.0. The number of ether oxygens (including phenoxy) is 2. The van der Waals surface area contributed by atoms with Crippen LogP contribution in [0.2, 0.25) is 0 Å². The van der Waals surface area contributed by atoms with Gasteiger partial charge in [0.25, 0.3) is 0 Å². The number of aromatic nitrogens is 4. The Labute approximate surface area is 785 Å². The molecule has 0 bridgehead atoms. The van der Waals surface area contributed by atoms with E-state index in [9.17, 15) is 47.9 Å². The number of amides is 10. The minimum Gasteiger partial charge on any atom is -0.444 e. The van der Waals surface area contributed by atoms with Gasteiger partial charge in [-0.1, -0.05) is 69.2 Å². The zero-order valence-electron chi connectivity index (χ0n) is 82.4. The van der Waals surface area contributed by atoms with E-state index in [0.29, 0.717) is 108 Å². The molecule has 4 fully saturated rings. The number of likely N-dealkylation sites (N-methyl/N-ethyl adjacent to an activating group) is 3. The van der Waals surface area contributed by atoms with E-state index in [-0.39, 0.29) is 101 Å². The second kappa shape index (κ2) is 40.9. The number of hydrogen-bond acceptors (Lipinski definition) is 13. The van der Waals surface area contributed by atoms with E-state index in [0.717, 1.165) is 116 Å². The summed E-state index contributed by atoms with van der Waals surface area (Å²) in [6.45, 7) is 38.7. The molecule has 10 amide bonds. The highest BCUT2D eigenvalue weighted by Crippen LogP contribution is 2.49. The van der Waals surface area contributed by atoms with Crippen molar-refractivity contribution in [2.24, 2.45) is 29.6 Å². The van der Waals surface area contributed by atoms with Crippen LogP contribution in [0.3, 0.4) is 0 Å². The molecular formula is C103H141F4N15O12. The monoisotopic (exact) mass is 1860 g/mol. The second-order valence-electron chi connectivity index (χ2n) is 41.5. The summed E-state index contributed by atoms with van der Waals surface area (Å²) in [4.78, 5) is 148. The van der Waals surface area contributed by atoms with Crippen molar-refractivity contribution in [3.8, 4) is 22.8 Å². The van der Waals surface area contributed by atoms with E-state index in [1.807, 2.05) is 101 Å². The van der Waals surface area contributed by atoms with Crippen LogP contribution in [0.5, 0.6) is 0 Å². The van der Waals surface area contributed by atoms with Crippen molar-refractivity contribution >= 4 is 103 Å². The largest absolute Gasteiger partial charge is 0.444 e. The van der Waals surface area contributed by atoms with E-state index in [1.165, 1.54) is 48.2 Å². The summed E-state index contributed by atoms with van der Waals surface area (Å²) in [5, 5.41) is 18.4. The van der Waals surface area contributed by atoms with Crippen molar-refractivity contribution in [1.82, 2.24) is 74.3 Å². The smallest absolute Gasteiger partial charge is 0.410 e. The zero-order valence-corrected chi connectivity index (χ0v) is 82.4. The number of likely N-dealkylation sites (tertiary alicyclic amines) is 4. The standard InChI is InChI=1S/C56H78F2N8O8.C47H63F2N7O4/c1-31(2)45(59-49(67)33(5)61(13)53(71)73-55(7,8)9)51(69)63-23-15-17-37(63)29-41-39-21-19-35(57)27-43(39)65-25-26-66-44-28-36(58)20-22-40(44)42(48(66)47(41)65)30-38-18-16-24-64(38)52(70)46(32(3)4)60-50(68)34(6)62(14)54(72)74-56(10,11)12;1-9-28(6)44(57)51-40(26(2)3)46(59)53-18-10-12-32(53)24-36-34-16-14-30(48)22-38(34)55-20-21-56-39-23-31(49)15-17-35(39)37(43(56)42(36)55)25-33-13-11-19-54(33)47(60)41(27(4)5)52-45(58)29(7)50-8/h19-22,27-28,31-34,37-38,45-46H,15-18,23-26,29-30H2,1-14H3,(H,59,67)(H,60,68);14-17,22-23,26-29,32-33,40-41,50H,9-13,18-21,24-25H2,1-8H3,(H,51,57)(H,52,58)/t33-,34-,37-,38-,45-,46-;28-,29+,32+,33+,40+,41+/m01/s1. The lowest BCUT2D eigenvalue weighted by Gasteiger charge is -2.34. The lowest BCUT2D eigenvalue weighted by Crippen LogP contribution is -2.56. The van der Waals surface area contributed by atoms with Crippen molar-refractivity contribution in [3.63, 3.8) is 0 Å². The van der Waals surface area contributed by atoms with E-state index in [1.54, 1.807) is 106 Å². The zero-order chi connectivity index (χ0) is 97.6. The third-order valence-electron chi connectivity index (χ3n) is 28.6. The summed E-state index contributed by atoms with van der Waals surface area (Å²) in [5.41, 5.74) is 8.82. The molecule has 0 unspecified atom stereocenters. The van der Waals surface area contributed by atoms with Gasteiger partial charge in [0.15, 0.2) is 0 Å². The number of fused-ring (bicyclic) bond motifs is 14. The van der Waals surface area contributed by atoms with Crippen LogP contribution in [0, 0.1) is 52.9 Å². The van der Waals surface area contributed by atoms with Crippen LogP contribution in [0.1, 0.15) is 212 Å². The van der Waals surface area contributed by atoms with Gasteiger partial charge in [-0.2, -0.15) is 0 Å². The fourth-order valence-electron chi connectivity index (χ4n) is 20.7. The SMILES string of the molecule is CC(C)[C@H](NC(=O)[C@H](C)N(C)C(=O)OC(C)(C)C)C(=O)N1CCC[C@H]1Cc1c2n(c3cc(F)ccc13)CCn1c-2c(C[C@@H]2CCCN2C(=O)[C@@H](NC(=O)[C@H](C)N(C)C(=O)OC(C)(C)C)C(C)C)c2ccc(F)cc21.CC[C@@H](C)C(=O)N[C@H](C(=O)N1CCC[C@H]1Cc1c2n(c3cc(F)ccc13)CCn1c-2c(C[C@@H]2CCCN2C(=O)[C@@H](NC(=O)[C@H](C)NC)C(C)C)c2ccc(F)cc21)C(C)C. The number of benzene rings is 4. The molecule has 0 saturated carbocycles. The molecule has 31 heteroatoms. The molecule has 10 heterocycles. The molecule has 0 radical (unpaired) electrons. The Hall–Kier alpha value is -11.0. The fraction of sp³-hybridized carbons (Fsp3) is 0.592. The number of halogens is 4. The van der Waals surface area contributed by atoms with Gasteiger partial charge in [0.05, 0.1) is 50.9 Å². The molecule has 5 N–H and O–H groups in total. The summed E-state index contributed by atoms with van der Waals surface area (Å²) < 4.78 is 80.7. The Morgan fingerprint density at radius 2 is 0.612 bits per heavy atom. The van der Waals surface area contributed by atoms with Crippen molar-refractivity contribution in [3.05, 3.63) is 118 Å². The number of rotatable bonds is 28. The maximum atomic E-state index is 15.4. The van der Waals surface area contributed by atoms with E-state index in [4.69, 9.17) is 9.47 Å². The number of carbonyl (C=O) groups is 10. The molecular weight excluding hydrogens is 1720 g/mol. The molecule has 4 saturated heterocycles. The highest BCUT2D eigenvalue weighted by atomic mass is 19.1. The van der Waals surface area contributed by atoms with Crippen LogP contribution >= 0.6 is 0 Å². The topological polar surface area (TPSA) is 288 Å². The fourth-order valence-corrected chi connectivity index (χ4v) is 20.7. The van der Waals surface area contributed by atoms with Gasteiger partial charge >= 0.3 is 12.2 Å². The predicted molar refractivity (Wildman–Crippen MR) is 511 cm³/mol. The van der Waals surface area contributed by atoms with Crippen LogP contribution < -0.4 is 26.6 Å². The minimum absolute atomic E-state index is 0.0832. The first-order valence-electron chi connectivity index (χ1n) is 48.5. The molecule has 6 aliphatic rings. The molecule has 12 atom stereocenters. The molecule has 14 rings (SSSR count). The third-order valence-corrected chi connectivity index (χ3v) is 28.6. The molecule has 0 aliphatic carbocycles. The Balaban J connectivity index is 0.000000232. The first-order valence-corrected chi connectivity index (χ1v) is 48.5. The van der Waals surface area contributed by atoms with Crippen molar-refractivity contribution < 1.29 is 75.0 Å². The Kier molecular flexibility index (Phi) is 30.7. The van der Waals surface area contributed by atoms with Gasteiger partial charge in [-0.3, -0.25) is 48.2 Å². The average Bonchev–Trinajstić information content (AvgIpc) is 1.55. The summed E-state index contributed by atoms with van der Waals surface area (Å²) in [7, 11) is 4.69. The molecule has 4 aromatic carbocycles. The van der Waals surface area contributed by atoms with Gasteiger partial charge < -0.3 is 73.9 Å². The highest BCUT2D eigenvalue weighted by molar-refractivity contribution is 6.02. The Morgan fingerprint density at radius 1 is 0.373 bits per heavy atom. The first-order chi connectivity index (χ1) is 63.2. The van der Waals surface area contributed by atoms with Gasteiger partial charge in [0.2, 0.25) is 47.3 Å². The van der Waals surface area contributed by atoms with Gasteiger partial charge in [-0.15, -0.1) is 0 Å². The number of nitrogens with one attached hydrogen (secondary N) is 5. The van der Waals surface area contributed by atoms with Gasteiger partial charge in [0, 0.05) is 118 Å².